The van der Waals surface area contributed by atoms with Crippen LogP contribution in [-0.4, -0.2) is 36.4 Å². The summed E-state index contributed by atoms with van der Waals surface area (Å²) in [6, 6.07) is 0. The van der Waals surface area contributed by atoms with Gasteiger partial charge in [-0.05, 0) is 109 Å². The maximum atomic E-state index is 12.2. The van der Waals surface area contributed by atoms with Crippen LogP contribution in [0, 0.1) is 0 Å². The number of carbonyl (C=O) groups is 2. The molecule has 0 aliphatic rings. The molecule has 0 saturated heterocycles. The number of unbranched alkanes of at least 4 members (excludes halogenated alkanes) is 4. The van der Waals surface area contributed by atoms with Gasteiger partial charge in [0.2, 0.25) is 0 Å². The highest BCUT2D eigenvalue weighted by Crippen LogP contribution is 2.08. The number of ether oxygens (including phenoxy) is 2. The Labute approximate surface area is 342 Å². The van der Waals surface area contributed by atoms with Crippen LogP contribution in [0.5, 0.6) is 0 Å². The lowest BCUT2D eigenvalue weighted by Crippen LogP contribution is -2.28. The third-order valence-electron chi connectivity index (χ3n) is 8.13. The quantitative estimate of drug-likeness (QED) is 0.0390. The molecule has 0 spiro atoms. The molecule has 1 N–H and O–H groups in total. The monoisotopic (exact) mass is 769 g/mol. The Balaban J connectivity index is 3.79. The average Bonchev–Trinajstić information content (AvgIpc) is 3.20. The summed E-state index contributed by atoms with van der Waals surface area (Å²) in [5.74, 6) is -0.716. The summed E-state index contributed by atoms with van der Waals surface area (Å²) in [6.45, 7) is 3.80. The molecule has 0 fully saturated rings. The van der Waals surface area contributed by atoms with Crippen molar-refractivity contribution in [2.24, 2.45) is 0 Å². The number of aliphatic hydroxyl groups excluding tert-OH is 1. The SMILES string of the molecule is CC/C=C\C/C=C\C/C=C\C/C=C\C/C=C\C/C=C\C/C=C\CCCC(=O)OC(CO)COC(=O)CCCCC/C=C\C/C=C\C/C=C\C/C=C\C/C=C\CC. The van der Waals surface area contributed by atoms with E-state index in [4.69, 9.17) is 9.47 Å². The Morgan fingerprint density at radius 2 is 0.732 bits per heavy atom. The van der Waals surface area contributed by atoms with E-state index in [2.05, 4.69) is 160 Å². The van der Waals surface area contributed by atoms with Crippen molar-refractivity contribution < 1.29 is 24.2 Å². The normalized spacial score (nSPS) is 13.7. The third-order valence-corrected chi connectivity index (χ3v) is 8.13. The number of hydrogen-bond donors (Lipinski definition) is 1. The highest BCUT2D eigenvalue weighted by molar-refractivity contribution is 5.70. The molecule has 1 unspecified atom stereocenters. The molecule has 0 heterocycles. The topological polar surface area (TPSA) is 72.8 Å². The van der Waals surface area contributed by atoms with Crippen molar-refractivity contribution in [1.82, 2.24) is 0 Å². The van der Waals surface area contributed by atoms with Gasteiger partial charge in [0.25, 0.3) is 0 Å². The van der Waals surface area contributed by atoms with Crippen molar-refractivity contribution in [2.45, 2.75) is 148 Å². The van der Waals surface area contributed by atoms with Crippen LogP contribution in [0.15, 0.2) is 146 Å². The Morgan fingerprint density at radius 3 is 1.09 bits per heavy atom. The van der Waals surface area contributed by atoms with E-state index in [0.29, 0.717) is 12.8 Å². The van der Waals surface area contributed by atoms with E-state index < -0.39 is 6.10 Å². The first-order chi connectivity index (χ1) is 27.6. The van der Waals surface area contributed by atoms with Crippen LogP contribution < -0.4 is 0 Å². The second-order valence-corrected chi connectivity index (χ2v) is 13.3. The first-order valence-corrected chi connectivity index (χ1v) is 21.4. The number of aliphatic hydroxyl groups is 1. The van der Waals surface area contributed by atoms with Gasteiger partial charge in [-0.2, -0.15) is 0 Å². The minimum absolute atomic E-state index is 0.118. The zero-order valence-electron chi connectivity index (χ0n) is 35.1. The molecule has 1 atom stereocenters. The Morgan fingerprint density at radius 1 is 0.411 bits per heavy atom. The third kappa shape index (κ3) is 42.5. The summed E-state index contributed by atoms with van der Waals surface area (Å²) >= 11 is 0. The van der Waals surface area contributed by atoms with E-state index in [1.165, 1.54) is 0 Å². The van der Waals surface area contributed by atoms with E-state index in [9.17, 15) is 14.7 Å². The molecule has 0 aliphatic carbocycles. The number of esters is 2. The smallest absolute Gasteiger partial charge is 0.306 e. The second-order valence-electron chi connectivity index (χ2n) is 13.3. The summed E-state index contributed by atoms with van der Waals surface area (Å²) in [6.07, 6.45) is 69.1. The molecular weight excluding hydrogens is 693 g/mol. The van der Waals surface area contributed by atoms with Gasteiger partial charge in [0.15, 0.2) is 6.10 Å². The van der Waals surface area contributed by atoms with Gasteiger partial charge in [-0.3, -0.25) is 9.59 Å². The number of hydrogen-bond acceptors (Lipinski definition) is 5. The molecule has 56 heavy (non-hydrogen) atoms. The fourth-order valence-corrected chi connectivity index (χ4v) is 4.98. The van der Waals surface area contributed by atoms with E-state index in [-0.39, 0.29) is 31.6 Å². The first kappa shape index (κ1) is 51.8. The van der Waals surface area contributed by atoms with Crippen LogP contribution in [0.4, 0.5) is 0 Å². The van der Waals surface area contributed by atoms with Crippen molar-refractivity contribution >= 4 is 11.9 Å². The summed E-state index contributed by atoms with van der Waals surface area (Å²) < 4.78 is 10.6. The van der Waals surface area contributed by atoms with Crippen molar-refractivity contribution in [2.75, 3.05) is 13.2 Å². The van der Waals surface area contributed by atoms with E-state index in [1.54, 1.807) is 0 Å². The van der Waals surface area contributed by atoms with E-state index >= 15 is 0 Å². The molecular formula is C51H76O5. The summed E-state index contributed by atoms with van der Waals surface area (Å²) in [5.41, 5.74) is 0. The predicted molar refractivity (Wildman–Crippen MR) is 241 cm³/mol. The van der Waals surface area contributed by atoms with Crippen LogP contribution >= 0.6 is 0 Å². The lowest BCUT2D eigenvalue weighted by atomic mass is 10.1. The molecule has 310 valence electrons. The van der Waals surface area contributed by atoms with Crippen molar-refractivity contribution in [3.8, 4) is 0 Å². The van der Waals surface area contributed by atoms with Crippen LogP contribution in [0.3, 0.4) is 0 Å². The lowest BCUT2D eigenvalue weighted by molar-refractivity contribution is -0.161. The highest BCUT2D eigenvalue weighted by atomic mass is 16.6. The van der Waals surface area contributed by atoms with Crippen molar-refractivity contribution in [3.05, 3.63) is 146 Å². The maximum absolute atomic E-state index is 12.2. The summed E-state index contributed by atoms with van der Waals surface area (Å²) in [4.78, 5) is 24.3. The molecule has 5 heteroatoms. The van der Waals surface area contributed by atoms with Gasteiger partial charge < -0.3 is 14.6 Å². The fourth-order valence-electron chi connectivity index (χ4n) is 4.98. The molecule has 0 rings (SSSR count). The molecule has 5 nitrogen and oxygen atoms in total. The highest BCUT2D eigenvalue weighted by Gasteiger charge is 2.15. The zero-order chi connectivity index (χ0) is 40.7. The summed E-state index contributed by atoms with van der Waals surface area (Å²) in [7, 11) is 0. The van der Waals surface area contributed by atoms with Gasteiger partial charge in [0, 0.05) is 12.8 Å². The van der Waals surface area contributed by atoms with Gasteiger partial charge in [0.05, 0.1) is 6.61 Å². The van der Waals surface area contributed by atoms with Gasteiger partial charge in [-0.1, -0.05) is 166 Å². The Kier molecular flexibility index (Phi) is 41.8. The number of rotatable bonds is 36. The minimum Gasteiger partial charge on any atom is -0.462 e. The van der Waals surface area contributed by atoms with Gasteiger partial charge in [0.1, 0.15) is 6.61 Å². The molecule has 0 bridgehead atoms. The number of carbonyl (C=O) groups excluding carboxylic acids is 2. The zero-order valence-corrected chi connectivity index (χ0v) is 35.1. The molecule has 0 amide bonds. The average molecular weight is 769 g/mol. The first-order valence-electron chi connectivity index (χ1n) is 21.4. The van der Waals surface area contributed by atoms with Gasteiger partial charge in [-0.25, -0.2) is 0 Å². The van der Waals surface area contributed by atoms with E-state index in [1.807, 2.05) is 0 Å². The summed E-state index contributed by atoms with van der Waals surface area (Å²) in [5, 5.41) is 9.57. The van der Waals surface area contributed by atoms with Gasteiger partial charge >= 0.3 is 11.9 Å². The Bertz CT molecular complexity index is 1280. The van der Waals surface area contributed by atoms with Crippen molar-refractivity contribution in [1.29, 1.82) is 0 Å². The van der Waals surface area contributed by atoms with Crippen LogP contribution in [-0.2, 0) is 19.1 Å². The molecule has 0 aromatic carbocycles. The second kappa shape index (κ2) is 45.2. The Hall–Kier alpha value is -4.22. The van der Waals surface area contributed by atoms with Crippen LogP contribution in [0.25, 0.3) is 0 Å². The molecule has 0 radical (unpaired) electrons. The minimum atomic E-state index is -0.828. The maximum Gasteiger partial charge on any atom is 0.306 e. The molecule has 0 aliphatic heterocycles. The largest absolute Gasteiger partial charge is 0.462 e. The van der Waals surface area contributed by atoms with Crippen LogP contribution in [0.1, 0.15) is 142 Å². The standard InChI is InChI=1S/C51H76O5/c1-3-5-7-9-11-13-15-17-19-21-23-24-25-26-28-30-32-34-36-38-40-42-44-46-51(54)56-49(47-52)48-55-50(53)45-43-41-39-37-35-33-31-29-27-22-20-18-16-14-12-10-8-6-4-2/h5-8,11-14,17-20,23-24,26-29,32-35,38,40,49,52H,3-4,9-10,15-16,21-22,25,30-31,36-37,39,41-48H2,1-2H3/b7-5-,8-6-,13-11-,14-12-,19-17-,20-18-,24-23-,28-26-,29-27-,34-32-,35-33-,40-38-. The molecule has 0 aromatic heterocycles. The number of allylic oxidation sites excluding steroid dienone is 24. The van der Waals surface area contributed by atoms with Crippen molar-refractivity contribution in [3.63, 3.8) is 0 Å². The fraction of sp³-hybridized carbons (Fsp3) is 0.490. The molecule has 0 aromatic rings. The van der Waals surface area contributed by atoms with Crippen LogP contribution in [0.2, 0.25) is 0 Å². The van der Waals surface area contributed by atoms with E-state index in [0.717, 1.165) is 109 Å². The predicted octanol–water partition coefficient (Wildman–Crippen LogP) is 13.9. The van der Waals surface area contributed by atoms with Gasteiger partial charge in [-0.15, -0.1) is 0 Å². The molecule has 0 saturated carbocycles. The lowest BCUT2D eigenvalue weighted by Gasteiger charge is -2.15.